The topological polar surface area (TPSA) is 93.7 Å². The summed E-state index contributed by atoms with van der Waals surface area (Å²) in [5, 5.41) is 7.90. The van der Waals surface area contributed by atoms with E-state index in [1.54, 1.807) is 19.1 Å². The Balaban J connectivity index is 2.16. The van der Waals surface area contributed by atoms with Crippen molar-refractivity contribution < 1.29 is 0 Å². The number of rotatable bonds is 2. The molecule has 0 atom stereocenters. The first-order valence-corrected chi connectivity index (χ1v) is 6.93. The number of nitrogens with zero attached hydrogens (tertiary/aromatic N) is 4. The first-order chi connectivity index (χ1) is 10.4. The van der Waals surface area contributed by atoms with Crippen molar-refractivity contribution in [3.05, 3.63) is 56.2 Å². The van der Waals surface area contributed by atoms with Gasteiger partial charge >= 0.3 is 5.56 Å². The number of aryl methyl sites for hydroxylation is 2. The van der Waals surface area contributed by atoms with E-state index in [9.17, 15) is 9.59 Å². The van der Waals surface area contributed by atoms with Crippen molar-refractivity contribution in [2.24, 2.45) is 10.2 Å². The monoisotopic (exact) mass is 315 g/mol. The van der Waals surface area contributed by atoms with Gasteiger partial charge in [-0.05, 0) is 26.0 Å². The van der Waals surface area contributed by atoms with Gasteiger partial charge in [0.15, 0.2) is 11.5 Å². The molecule has 0 aliphatic rings. The molecule has 112 valence electrons. The van der Waals surface area contributed by atoms with Crippen LogP contribution < -0.4 is 16.9 Å². The second-order valence-electron chi connectivity index (χ2n) is 4.94. The molecule has 0 bridgehead atoms. The lowest BCUT2D eigenvalue weighted by Gasteiger charge is -1.93. The number of aromatic nitrogens is 2. The average molecular weight is 315 g/mol. The summed E-state index contributed by atoms with van der Waals surface area (Å²) in [5.41, 5.74) is 6.96. The van der Waals surface area contributed by atoms with E-state index in [1.165, 1.54) is 0 Å². The number of hydrogen-bond donors (Lipinski definition) is 2. The minimum Gasteiger partial charge on any atom is -0.382 e. The molecule has 0 fully saturated rings. The Morgan fingerprint density at radius 1 is 1.00 bits per heavy atom. The Morgan fingerprint density at radius 3 is 2.23 bits per heavy atom. The van der Waals surface area contributed by atoms with Crippen molar-refractivity contribution in [3.63, 3.8) is 0 Å². The van der Waals surface area contributed by atoms with Crippen LogP contribution in [-0.2, 0) is 0 Å². The van der Waals surface area contributed by atoms with Gasteiger partial charge in [-0.2, -0.15) is 9.63 Å². The van der Waals surface area contributed by atoms with Crippen LogP contribution in [0.3, 0.4) is 0 Å². The Bertz CT molecular complexity index is 1000. The molecule has 0 saturated carbocycles. The van der Waals surface area contributed by atoms with Crippen LogP contribution >= 0.6 is 12.6 Å². The highest BCUT2D eigenvalue weighted by Gasteiger charge is 2.21. The maximum atomic E-state index is 12.3. The first-order valence-electron chi connectivity index (χ1n) is 6.48. The number of nitrogen functional groups attached to an aromatic ring is 1. The van der Waals surface area contributed by atoms with Crippen molar-refractivity contribution >= 4 is 29.8 Å². The molecule has 3 aromatic rings. The summed E-state index contributed by atoms with van der Waals surface area (Å²) >= 11 is 4.08. The second kappa shape index (κ2) is 4.99. The van der Waals surface area contributed by atoms with Gasteiger partial charge in [-0.1, -0.05) is 17.7 Å². The van der Waals surface area contributed by atoms with E-state index in [4.69, 9.17) is 5.73 Å². The summed E-state index contributed by atoms with van der Waals surface area (Å²) in [6, 6.07) is 7.32. The van der Waals surface area contributed by atoms with E-state index in [2.05, 4.69) is 22.9 Å². The molecule has 0 radical (unpaired) electrons. The highest BCUT2D eigenvalue weighted by atomic mass is 32.1. The summed E-state index contributed by atoms with van der Waals surface area (Å²) in [4.78, 5) is 24.6. The fourth-order valence-electron chi connectivity index (χ4n) is 2.18. The molecule has 0 aliphatic carbocycles. The van der Waals surface area contributed by atoms with Crippen LogP contribution in [0.4, 0.5) is 17.2 Å². The van der Waals surface area contributed by atoms with Crippen LogP contribution in [0.2, 0.25) is 0 Å². The molecule has 2 aromatic heterocycles. The summed E-state index contributed by atoms with van der Waals surface area (Å²) in [7, 11) is 0. The summed E-state index contributed by atoms with van der Waals surface area (Å²) < 4.78 is 2.22. The highest BCUT2D eigenvalue weighted by molar-refractivity contribution is 7.80. The molecule has 1 aromatic carbocycles. The van der Waals surface area contributed by atoms with Crippen molar-refractivity contribution in [2.75, 3.05) is 5.73 Å². The number of anilines is 1. The number of thiol groups is 1. The third kappa shape index (κ3) is 2.00. The van der Waals surface area contributed by atoms with Crippen LogP contribution in [0, 0.1) is 13.8 Å². The van der Waals surface area contributed by atoms with Crippen LogP contribution in [0.25, 0.3) is 0 Å². The third-order valence-electron chi connectivity index (χ3n) is 3.42. The molecule has 0 unspecified atom stereocenters. The van der Waals surface area contributed by atoms with Crippen molar-refractivity contribution in [1.29, 1.82) is 0 Å². The quantitative estimate of drug-likeness (QED) is 0.560. The summed E-state index contributed by atoms with van der Waals surface area (Å²) in [5.74, 6) is -0.0470. The molecular weight excluding hydrogens is 302 g/mol. The number of azo groups is 1. The van der Waals surface area contributed by atoms with Gasteiger partial charge in [0.25, 0.3) is 5.56 Å². The third-order valence-corrected chi connectivity index (χ3v) is 3.94. The molecule has 0 spiro atoms. The molecule has 2 N–H and O–H groups in total. The highest BCUT2D eigenvalue weighted by Crippen LogP contribution is 2.22. The molecule has 0 aliphatic heterocycles. The van der Waals surface area contributed by atoms with Crippen molar-refractivity contribution in [2.45, 2.75) is 18.7 Å². The van der Waals surface area contributed by atoms with Gasteiger partial charge in [0.2, 0.25) is 0 Å². The molecule has 8 heteroatoms. The normalized spacial score (nSPS) is 11.8. The minimum atomic E-state index is -0.497. The molecule has 3 rings (SSSR count). The predicted octanol–water partition coefficient (Wildman–Crippen LogP) is 2.10. The SMILES string of the molecule is Cc1ccc(N=Nc2c(N)n3c(=O)c(S)c(C)n3c2=O)cc1. The van der Waals surface area contributed by atoms with Crippen molar-refractivity contribution in [3.8, 4) is 0 Å². The smallest absolute Gasteiger partial charge is 0.301 e. The van der Waals surface area contributed by atoms with Gasteiger partial charge < -0.3 is 5.73 Å². The summed E-state index contributed by atoms with van der Waals surface area (Å²) in [6.07, 6.45) is 0. The molecule has 0 saturated heterocycles. The largest absolute Gasteiger partial charge is 0.382 e. The van der Waals surface area contributed by atoms with Crippen molar-refractivity contribution in [1.82, 2.24) is 9.03 Å². The Kier molecular flexibility index (Phi) is 3.25. The van der Waals surface area contributed by atoms with Gasteiger partial charge in [0, 0.05) is 0 Å². The lowest BCUT2D eigenvalue weighted by molar-refractivity contribution is 0.793. The zero-order valence-corrected chi connectivity index (χ0v) is 12.8. The van der Waals surface area contributed by atoms with Crippen LogP contribution in [0.1, 0.15) is 11.3 Å². The van der Waals surface area contributed by atoms with Gasteiger partial charge in [0.1, 0.15) is 0 Å². The zero-order valence-electron chi connectivity index (χ0n) is 11.9. The lowest BCUT2D eigenvalue weighted by atomic mass is 10.2. The molecule has 0 amide bonds. The van der Waals surface area contributed by atoms with Crippen LogP contribution in [0.15, 0.2) is 49.0 Å². The predicted molar refractivity (Wildman–Crippen MR) is 86.3 cm³/mol. The number of nitrogens with two attached hydrogens (primary N) is 1. The van der Waals surface area contributed by atoms with E-state index >= 15 is 0 Å². The average Bonchev–Trinajstić information content (AvgIpc) is 2.88. The minimum absolute atomic E-state index is 0.0470. The maximum absolute atomic E-state index is 12.3. The Labute approximate surface area is 130 Å². The number of benzene rings is 1. The standard InChI is InChI=1S/C14H13N5O2S/c1-7-3-5-9(6-4-7)16-17-10-12(15)19-14(21)11(22)8(2)18(19)13(10)20/h3-6,22H,15H2,1-2H3. The molecule has 7 nitrogen and oxygen atoms in total. The van der Waals surface area contributed by atoms with E-state index < -0.39 is 11.1 Å². The van der Waals surface area contributed by atoms with Gasteiger partial charge in [0.05, 0.1) is 16.3 Å². The van der Waals surface area contributed by atoms with Gasteiger partial charge in [-0.25, -0.2) is 4.52 Å². The zero-order chi connectivity index (χ0) is 16.0. The molecule has 22 heavy (non-hydrogen) atoms. The second-order valence-corrected chi connectivity index (χ2v) is 5.38. The van der Waals surface area contributed by atoms with E-state index in [0.29, 0.717) is 11.4 Å². The fraction of sp³-hybridized carbons (Fsp3) is 0.143. The number of hydrogen-bond acceptors (Lipinski definition) is 6. The first kappa shape index (κ1) is 14.3. The number of fused-ring (bicyclic) bond motifs is 1. The molecular formula is C14H13N5O2S. The van der Waals surface area contributed by atoms with Crippen LogP contribution in [0.5, 0.6) is 0 Å². The van der Waals surface area contributed by atoms with Gasteiger partial charge in [-0.3, -0.25) is 9.59 Å². The fourth-order valence-corrected chi connectivity index (χ4v) is 2.37. The Hall–Kier alpha value is -2.61. The van der Waals surface area contributed by atoms with Gasteiger partial charge in [-0.15, -0.1) is 17.7 Å². The van der Waals surface area contributed by atoms with E-state index in [-0.39, 0.29) is 16.4 Å². The lowest BCUT2D eigenvalue weighted by Crippen LogP contribution is -2.15. The molecule has 2 heterocycles. The van der Waals surface area contributed by atoms with E-state index in [0.717, 1.165) is 14.6 Å². The van der Waals surface area contributed by atoms with E-state index in [1.807, 2.05) is 19.1 Å². The summed E-state index contributed by atoms with van der Waals surface area (Å²) in [6.45, 7) is 3.57. The van der Waals surface area contributed by atoms with Crippen LogP contribution in [-0.4, -0.2) is 9.03 Å². The maximum Gasteiger partial charge on any atom is 0.301 e. The Morgan fingerprint density at radius 2 is 1.64 bits per heavy atom.